The van der Waals surface area contributed by atoms with Crippen molar-refractivity contribution in [2.45, 2.75) is 13.8 Å². The van der Waals surface area contributed by atoms with Crippen molar-refractivity contribution in [3.05, 3.63) is 20.3 Å². The van der Waals surface area contributed by atoms with E-state index in [2.05, 4.69) is 23.6 Å². The average molecular weight is 335 g/mol. The first-order chi connectivity index (χ1) is 9.45. The van der Waals surface area contributed by atoms with Gasteiger partial charge < -0.3 is 4.90 Å². The highest BCUT2D eigenvalue weighted by molar-refractivity contribution is 7.20. The van der Waals surface area contributed by atoms with Crippen LogP contribution in [0.5, 0.6) is 0 Å². The van der Waals surface area contributed by atoms with E-state index in [4.69, 9.17) is 23.2 Å². The van der Waals surface area contributed by atoms with Crippen LogP contribution in [-0.2, 0) is 0 Å². The molecule has 2 rings (SSSR count). The van der Waals surface area contributed by atoms with Crippen LogP contribution in [0.25, 0.3) is 0 Å². The zero-order valence-electron chi connectivity index (χ0n) is 11.9. The van der Waals surface area contributed by atoms with E-state index in [1.807, 2.05) is 0 Å². The van der Waals surface area contributed by atoms with Gasteiger partial charge in [-0.3, -0.25) is 9.69 Å². The first kappa shape index (κ1) is 16.2. The number of rotatable bonds is 5. The molecule has 1 aromatic rings. The number of carbonyl (C=O) groups is 1. The van der Waals surface area contributed by atoms with Gasteiger partial charge in [0, 0.05) is 32.7 Å². The van der Waals surface area contributed by atoms with Crippen molar-refractivity contribution in [3.8, 4) is 0 Å². The van der Waals surface area contributed by atoms with Gasteiger partial charge in [0.2, 0.25) is 0 Å². The van der Waals surface area contributed by atoms with E-state index >= 15 is 0 Å². The van der Waals surface area contributed by atoms with Crippen LogP contribution in [0.3, 0.4) is 0 Å². The maximum absolute atomic E-state index is 12.2. The molecule has 0 amide bonds. The lowest BCUT2D eigenvalue weighted by Gasteiger charge is -2.35. The summed E-state index contributed by atoms with van der Waals surface area (Å²) >= 11 is 13.2. The zero-order valence-corrected chi connectivity index (χ0v) is 14.2. The summed E-state index contributed by atoms with van der Waals surface area (Å²) in [7, 11) is 0. The number of nitrogens with zero attached hydrogens (tertiary/aromatic N) is 2. The molecule has 0 spiro atoms. The van der Waals surface area contributed by atoms with Crippen molar-refractivity contribution in [1.29, 1.82) is 0 Å². The fourth-order valence-electron chi connectivity index (χ4n) is 2.47. The molecule has 0 aromatic carbocycles. The molecule has 1 aromatic heterocycles. The Labute approximate surface area is 134 Å². The molecule has 0 aliphatic carbocycles. The Morgan fingerprint density at radius 3 is 2.35 bits per heavy atom. The van der Waals surface area contributed by atoms with Gasteiger partial charge in [-0.25, -0.2) is 0 Å². The van der Waals surface area contributed by atoms with Gasteiger partial charge in [0.05, 0.1) is 16.4 Å². The Morgan fingerprint density at radius 2 is 1.85 bits per heavy atom. The van der Waals surface area contributed by atoms with E-state index in [0.29, 0.717) is 26.7 Å². The SMILES string of the molecule is CC(C)CN1CCN(CC(=O)c2cc(Cl)sc2Cl)CC1. The van der Waals surface area contributed by atoms with Crippen LogP contribution in [0.1, 0.15) is 24.2 Å². The Morgan fingerprint density at radius 1 is 1.25 bits per heavy atom. The molecule has 0 atom stereocenters. The van der Waals surface area contributed by atoms with E-state index < -0.39 is 0 Å². The van der Waals surface area contributed by atoms with Crippen LogP contribution >= 0.6 is 34.5 Å². The first-order valence-electron chi connectivity index (χ1n) is 6.88. The highest BCUT2D eigenvalue weighted by Gasteiger charge is 2.21. The summed E-state index contributed by atoms with van der Waals surface area (Å²) in [5.74, 6) is 0.755. The summed E-state index contributed by atoms with van der Waals surface area (Å²) in [6, 6.07) is 1.67. The van der Waals surface area contributed by atoms with Gasteiger partial charge in [0.1, 0.15) is 4.34 Å². The molecule has 2 heterocycles. The third kappa shape index (κ3) is 4.43. The lowest BCUT2D eigenvalue weighted by Crippen LogP contribution is -2.48. The number of Topliss-reactive ketones (excluding diaryl/α,β-unsaturated/α-hetero) is 1. The Balaban J connectivity index is 1.83. The molecule has 0 bridgehead atoms. The number of piperazine rings is 1. The predicted octanol–water partition coefficient (Wildman–Crippen LogP) is 3.51. The largest absolute Gasteiger partial charge is 0.301 e. The molecule has 20 heavy (non-hydrogen) atoms. The van der Waals surface area contributed by atoms with E-state index in [0.717, 1.165) is 32.7 Å². The minimum atomic E-state index is 0.0652. The van der Waals surface area contributed by atoms with E-state index in [-0.39, 0.29) is 5.78 Å². The summed E-state index contributed by atoms with van der Waals surface area (Å²) in [6.45, 7) is 9.97. The smallest absolute Gasteiger partial charge is 0.179 e. The van der Waals surface area contributed by atoms with Crippen molar-refractivity contribution >= 4 is 40.3 Å². The molecular formula is C14H20Cl2N2OS. The number of carbonyl (C=O) groups excluding carboxylic acids is 1. The molecule has 0 radical (unpaired) electrons. The van der Waals surface area contributed by atoms with Gasteiger partial charge in [0.15, 0.2) is 5.78 Å². The number of ketones is 1. The van der Waals surface area contributed by atoms with E-state index in [1.54, 1.807) is 6.07 Å². The van der Waals surface area contributed by atoms with Crippen LogP contribution in [-0.4, -0.2) is 54.9 Å². The molecule has 1 aliphatic rings. The van der Waals surface area contributed by atoms with Gasteiger partial charge in [-0.1, -0.05) is 37.0 Å². The third-order valence-electron chi connectivity index (χ3n) is 3.41. The van der Waals surface area contributed by atoms with Crippen LogP contribution in [0.2, 0.25) is 8.67 Å². The summed E-state index contributed by atoms with van der Waals surface area (Å²) in [5, 5.41) is 0. The quantitative estimate of drug-likeness (QED) is 0.770. The van der Waals surface area contributed by atoms with Crippen molar-refractivity contribution in [2.75, 3.05) is 39.3 Å². The minimum absolute atomic E-state index is 0.0652. The maximum Gasteiger partial charge on any atom is 0.179 e. The first-order valence-corrected chi connectivity index (χ1v) is 8.45. The standard InChI is InChI=1S/C14H20Cl2N2OS/c1-10(2)8-17-3-5-18(6-4-17)9-12(19)11-7-13(15)20-14(11)16/h7,10H,3-6,8-9H2,1-2H3. The second-order valence-electron chi connectivity index (χ2n) is 5.63. The summed E-state index contributed by atoms with van der Waals surface area (Å²) in [4.78, 5) is 16.9. The summed E-state index contributed by atoms with van der Waals surface area (Å²) in [6.07, 6.45) is 0. The van der Waals surface area contributed by atoms with E-state index in [1.165, 1.54) is 11.3 Å². The molecule has 3 nitrogen and oxygen atoms in total. The second-order valence-corrected chi connectivity index (χ2v) is 7.92. The van der Waals surface area contributed by atoms with E-state index in [9.17, 15) is 4.79 Å². The lowest BCUT2D eigenvalue weighted by molar-refractivity contribution is 0.0838. The topological polar surface area (TPSA) is 23.6 Å². The maximum atomic E-state index is 12.2. The van der Waals surface area contributed by atoms with Crippen LogP contribution in [0.15, 0.2) is 6.07 Å². The Kier molecular flexibility index (Phi) is 5.87. The highest BCUT2D eigenvalue weighted by Crippen LogP contribution is 2.31. The van der Waals surface area contributed by atoms with Crippen molar-refractivity contribution in [2.24, 2.45) is 5.92 Å². The fraction of sp³-hybridized carbons (Fsp3) is 0.643. The average Bonchev–Trinajstić information content (AvgIpc) is 2.70. The normalized spacial score (nSPS) is 17.9. The van der Waals surface area contributed by atoms with Gasteiger partial charge in [-0.05, 0) is 12.0 Å². The molecule has 1 aliphatic heterocycles. The molecule has 1 fully saturated rings. The fourth-order valence-corrected chi connectivity index (χ4v) is 3.96. The molecule has 6 heteroatoms. The van der Waals surface area contributed by atoms with Gasteiger partial charge in [-0.15, -0.1) is 11.3 Å². The summed E-state index contributed by atoms with van der Waals surface area (Å²) in [5.41, 5.74) is 0.561. The molecule has 1 saturated heterocycles. The predicted molar refractivity (Wildman–Crippen MR) is 86.4 cm³/mol. The monoisotopic (exact) mass is 334 g/mol. The number of halogens is 2. The molecular weight excluding hydrogens is 315 g/mol. The van der Waals surface area contributed by atoms with Crippen molar-refractivity contribution in [3.63, 3.8) is 0 Å². The Bertz CT molecular complexity index is 468. The molecule has 112 valence electrons. The lowest BCUT2D eigenvalue weighted by atomic mass is 10.1. The van der Waals surface area contributed by atoms with Crippen LogP contribution in [0, 0.1) is 5.92 Å². The van der Waals surface area contributed by atoms with Gasteiger partial charge in [-0.2, -0.15) is 0 Å². The van der Waals surface area contributed by atoms with Gasteiger partial charge in [0.25, 0.3) is 0 Å². The van der Waals surface area contributed by atoms with Gasteiger partial charge >= 0.3 is 0 Å². The third-order valence-corrected chi connectivity index (χ3v) is 4.90. The number of hydrogen-bond donors (Lipinski definition) is 0. The number of hydrogen-bond acceptors (Lipinski definition) is 4. The van der Waals surface area contributed by atoms with Crippen LogP contribution < -0.4 is 0 Å². The van der Waals surface area contributed by atoms with Crippen LogP contribution in [0.4, 0.5) is 0 Å². The number of thiophene rings is 1. The van der Waals surface area contributed by atoms with Crippen molar-refractivity contribution < 1.29 is 4.79 Å². The van der Waals surface area contributed by atoms with Crippen molar-refractivity contribution in [1.82, 2.24) is 9.80 Å². The summed E-state index contributed by atoms with van der Waals surface area (Å²) < 4.78 is 1.07. The minimum Gasteiger partial charge on any atom is -0.301 e. The molecule has 0 N–H and O–H groups in total. The molecule has 0 saturated carbocycles. The highest BCUT2D eigenvalue weighted by atomic mass is 35.5. The Hall–Kier alpha value is -0.130. The zero-order chi connectivity index (χ0) is 14.7. The molecule has 0 unspecified atom stereocenters. The second kappa shape index (κ2) is 7.23.